The second-order valence-electron chi connectivity index (χ2n) is 7.63. The fraction of sp³-hybridized carbons (Fsp3) is 0.238. The van der Waals surface area contributed by atoms with Crippen LogP contribution < -0.4 is 0 Å². The van der Waals surface area contributed by atoms with Gasteiger partial charge in [0.15, 0.2) is 5.82 Å². The molecular formula is C21H21N7O3S. The molecule has 1 N–H and O–H groups in total. The normalized spacial score (nSPS) is 17.7. The van der Waals surface area contributed by atoms with E-state index in [9.17, 15) is 13.2 Å². The largest absolute Gasteiger partial charge is 0.357 e. The lowest BCUT2D eigenvalue weighted by atomic mass is 10.1. The first kappa shape index (κ1) is 20.3. The van der Waals surface area contributed by atoms with Crippen molar-refractivity contribution < 1.29 is 13.2 Å². The van der Waals surface area contributed by atoms with Crippen molar-refractivity contribution in [2.24, 2.45) is 0 Å². The third-order valence-electron chi connectivity index (χ3n) is 5.64. The predicted octanol–water partition coefficient (Wildman–Crippen LogP) is 1.68. The summed E-state index contributed by atoms with van der Waals surface area (Å²) in [4.78, 5) is 25.9. The van der Waals surface area contributed by atoms with Gasteiger partial charge in [0.25, 0.3) is 5.91 Å². The zero-order chi connectivity index (χ0) is 22.3. The maximum absolute atomic E-state index is 13.6. The van der Waals surface area contributed by atoms with Gasteiger partial charge in [-0.15, -0.1) is 0 Å². The minimum atomic E-state index is -3.80. The van der Waals surface area contributed by atoms with Gasteiger partial charge >= 0.3 is 0 Å². The Morgan fingerprint density at radius 1 is 1.16 bits per heavy atom. The molecule has 0 unspecified atom stereocenters. The maximum Gasteiger partial charge on any atom is 0.253 e. The Labute approximate surface area is 184 Å². The number of hydrogen-bond acceptors (Lipinski definition) is 6. The van der Waals surface area contributed by atoms with Gasteiger partial charge in [-0.25, -0.2) is 23.1 Å². The van der Waals surface area contributed by atoms with Gasteiger partial charge in [0.2, 0.25) is 10.0 Å². The van der Waals surface area contributed by atoms with Crippen LogP contribution in [-0.4, -0.2) is 73.9 Å². The van der Waals surface area contributed by atoms with Crippen molar-refractivity contribution in [3.8, 4) is 5.82 Å². The first-order chi connectivity index (χ1) is 15.5. The molecule has 0 spiro atoms. The molecule has 10 nitrogen and oxygen atoms in total. The van der Waals surface area contributed by atoms with E-state index >= 15 is 0 Å². The van der Waals surface area contributed by atoms with Crippen molar-refractivity contribution in [2.75, 3.05) is 19.6 Å². The van der Waals surface area contributed by atoms with Crippen LogP contribution in [0, 0.1) is 0 Å². The van der Waals surface area contributed by atoms with E-state index in [0.717, 1.165) is 0 Å². The molecule has 0 bridgehead atoms. The number of aromatic amines is 1. The van der Waals surface area contributed by atoms with Crippen LogP contribution in [0.4, 0.5) is 0 Å². The first-order valence-corrected chi connectivity index (χ1v) is 11.6. The van der Waals surface area contributed by atoms with Crippen LogP contribution in [0.2, 0.25) is 0 Å². The van der Waals surface area contributed by atoms with Crippen LogP contribution >= 0.6 is 0 Å². The van der Waals surface area contributed by atoms with E-state index in [4.69, 9.17) is 0 Å². The summed E-state index contributed by atoms with van der Waals surface area (Å²) in [5, 5.41) is 4.61. The van der Waals surface area contributed by atoms with Gasteiger partial charge in [-0.05, 0) is 25.1 Å². The quantitative estimate of drug-likeness (QED) is 0.505. The molecule has 1 aliphatic heterocycles. The fourth-order valence-electron chi connectivity index (χ4n) is 4.09. The van der Waals surface area contributed by atoms with Crippen molar-refractivity contribution in [2.45, 2.75) is 17.9 Å². The second kappa shape index (κ2) is 7.84. The Balaban J connectivity index is 1.43. The van der Waals surface area contributed by atoms with Gasteiger partial charge < -0.3 is 9.88 Å². The predicted molar refractivity (Wildman–Crippen MR) is 117 cm³/mol. The molecule has 4 heterocycles. The number of pyridine rings is 1. The van der Waals surface area contributed by atoms with Gasteiger partial charge in [0, 0.05) is 49.0 Å². The molecule has 1 atom stereocenters. The summed E-state index contributed by atoms with van der Waals surface area (Å²) < 4.78 is 30.1. The molecule has 164 valence electrons. The number of fused-ring (bicyclic) bond motifs is 1. The van der Waals surface area contributed by atoms with Crippen LogP contribution in [0.3, 0.4) is 0 Å². The number of carbonyl (C=O) groups is 1. The van der Waals surface area contributed by atoms with Gasteiger partial charge in [-0.1, -0.05) is 18.2 Å². The Hall–Kier alpha value is -3.57. The average molecular weight is 452 g/mol. The van der Waals surface area contributed by atoms with Gasteiger partial charge in [0.1, 0.15) is 17.6 Å². The molecular weight excluding hydrogens is 430 g/mol. The molecule has 4 aromatic rings. The highest BCUT2D eigenvalue weighted by Gasteiger charge is 2.36. The third-order valence-corrected chi connectivity index (χ3v) is 7.69. The Morgan fingerprint density at radius 3 is 2.69 bits per heavy atom. The number of rotatable bonds is 4. The number of nitrogens with one attached hydrogen (secondary N) is 1. The number of hydrogen-bond donors (Lipinski definition) is 1. The van der Waals surface area contributed by atoms with Crippen LogP contribution in [0.25, 0.3) is 16.7 Å². The number of piperazine rings is 1. The summed E-state index contributed by atoms with van der Waals surface area (Å²) in [6, 6.07) is 10.3. The SMILES string of the molecule is C[C@@H]1CN(C(=O)c2ccccc2)CCN1S(=O)(=O)c1c[nH]c2c(-n3cncn3)nccc12. The molecule has 11 heteroatoms. The van der Waals surface area contributed by atoms with Crippen molar-refractivity contribution in [1.29, 1.82) is 0 Å². The lowest BCUT2D eigenvalue weighted by molar-refractivity contribution is 0.0642. The topological polar surface area (TPSA) is 117 Å². The first-order valence-electron chi connectivity index (χ1n) is 10.1. The molecule has 1 amide bonds. The van der Waals surface area contributed by atoms with E-state index in [2.05, 4.69) is 20.1 Å². The number of sulfonamides is 1. The summed E-state index contributed by atoms with van der Waals surface area (Å²) in [5.74, 6) is 0.373. The molecule has 0 saturated carbocycles. The van der Waals surface area contributed by atoms with Crippen LogP contribution in [0.15, 0.2) is 66.3 Å². The summed E-state index contributed by atoms with van der Waals surface area (Å²) in [5.41, 5.74) is 1.16. The molecule has 3 aromatic heterocycles. The van der Waals surface area contributed by atoms with Gasteiger partial charge in [0.05, 0.1) is 5.52 Å². The Morgan fingerprint density at radius 2 is 1.97 bits per heavy atom. The summed E-state index contributed by atoms with van der Waals surface area (Å²) in [6.45, 7) is 2.68. The number of amides is 1. The van der Waals surface area contributed by atoms with Crippen LogP contribution in [0.5, 0.6) is 0 Å². The van der Waals surface area contributed by atoms with E-state index in [1.165, 1.54) is 27.8 Å². The molecule has 5 rings (SSSR count). The second-order valence-corrected chi connectivity index (χ2v) is 9.49. The van der Waals surface area contributed by atoms with Crippen molar-refractivity contribution in [3.05, 3.63) is 67.0 Å². The van der Waals surface area contributed by atoms with Crippen molar-refractivity contribution >= 4 is 26.8 Å². The maximum atomic E-state index is 13.6. The number of nitrogens with zero attached hydrogens (tertiary/aromatic N) is 6. The molecule has 1 fully saturated rings. The molecule has 1 aromatic carbocycles. The van der Waals surface area contributed by atoms with E-state index in [-0.39, 0.29) is 23.4 Å². The summed E-state index contributed by atoms with van der Waals surface area (Å²) >= 11 is 0. The highest BCUT2D eigenvalue weighted by Crippen LogP contribution is 2.30. The molecule has 0 radical (unpaired) electrons. The van der Waals surface area contributed by atoms with Crippen molar-refractivity contribution in [3.63, 3.8) is 0 Å². The monoisotopic (exact) mass is 451 g/mol. The molecule has 1 aliphatic rings. The molecule has 1 saturated heterocycles. The minimum Gasteiger partial charge on any atom is -0.357 e. The zero-order valence-electron chi connectivity index (χ0n) is 17.3. The summed E-state index contributed by atoms with van der Waals surface area (Å²) in [7, 11) is -3.80. The number of benzene rings is 1. The number of H-pyrrole nitrogens is 1. The lowest BCUT2D eigenvalue weighted by Gasteiger charge is -2.38. The average Bonchev–Trinajstić information content (AvgIpc) is 3.49. The van der Waals surface area contributed by atoms with E-state index in [0.29, 0.717) is 35.4 Å². The highest BCUT2D eigenvalue weighted by molar-refractivity contribution is 7.89. The summed E-state index contributed by atoms with van der Waals surface area (Å²) in [6.07, 6.45) is 5.92. The third kappa shape index (κ3) is 3.35. The molecule has 32 heavy (non-hydrogen) atoms. The molecule has 0 aliphatic carbocycles. The standard InChI is InChI=1S/C21H21N7O3S/c1-15-12-26(21(29)16-5-3-2-4-6-16)9-10-28(15)32(30,31)18-11-24-19-17(18)7-8-23-20(19)27-14-22-13-25-27/h2-8,11,13-15,24H,9-10,12H2,1H3/t15-/m1/s1. The number of carbonyl (C=O) groups excluding carboxylic acids is 1. The fourth-order valence-corrected chi connectivity index (χ4v) is 5.86. The lowest BCUT2D eigenvalue weighted by Crippen LogP contribution is -2.55. The van der Waals surface area contributed by atoms with E-state index < -0.39 is 10.0 Å². The zero-order valence-corrected chi connectivity index (χ0v) is 18.1. The van der Waals surface area contributed by atoms with Crippen LogP contribution in [0.1, 0.15) is 17.3 Å². The Kier molecular flexibility index (Phi) is 4.98. The van der Waals surface area contributed by atoms with Crippen LogP contribution in [-0.2, 0) is 10.0 Å². The van der Waals surface area contributed by atoms with Crippen molar-refractivity contribution in [1.82, 2.24) is 33.9 Å². The van der Waals surface area contributed by atoms with E-state index in [1.54, 1.807) is 29.3 Å². The number of aromatic nitrogens is 5. The smallest absolute Gasteiger partial charge is 0.253 e. The van der Waals surface area contributed by atoms with Gasteiger partial charge in [-0.2, -0.15) is 9.40 Å². The van der Waals surface area contributed by atoms with E-state index in [1.807, 2.05) is 25.1 Å². The highest BCUT2D eigenvalue weighted by atomic mass is 32.2. The Bertz CT molecular complexity index is 1370. The van der Waals surface area contributed by atoms with Gasteiger partial charge in [-0.3, -0.25) is 4.79 Å². The minimum absolute atomic E-state index is 0.0925.